The quantitative estimate of drug-likeness (QED) is 0.626. The van der Waals surface area contributed by atoms with E-state index >= 15 is 0 Å². The van der Waals surface area contributed by atoms with Crippen LogP contribution >= 0.6 is 33.9 Å². The zero-order chi connectivity index (χ0) is 11.8. The number of benzene rings is 1. The number of hydrogen-bond donors (Lipinski definition) is 1. The van der Waals surface area contributed by atoms with Crippen LogP contribution in [0, 0.1) is 3.57 Å². The van der Waals surface area contributed by atoms with Gasteiger partial charge in [0.25, 0.3) is 0 Å². The molecule has 1 aliphatic heterocycles. The van der Waals surface area contributed by atoms with Gasteiger partial charge in [-0.2, -0.15) is 0 Å². The lowest BCUT2D eigenvalue weighted by atomic mass is 10.1. The summed E-state index contributed by atoms with van der Waals surface area (Å²) in [4.78, 5) is 3.91. The van der Waals surface area contributed by atoms with Gasteiger partial charge in [-0.05, 0) is 64.2 Å². The summed E-state index contributed by atoms with van der Waals surface area (Å²) in [5.74, 6) is 0. The second-order valence-corrected chi connectivity index (χ2v) is 6.49. The first kappa shape index (κ1) is 11.3. The zero-order valence-electron chi connectivity index (χ0n) is 9.32. The standard InChI is InChI=1S/C13H13IN2S/c14-10-1-2-12(11(15)7-10)16-5-3-13-9(8-16)4-6-17-13/h1-2,4,6-7H,3,5,8,15H2. The van der Waals surface area contributed by atoms with Crippen LogP contribution in [0.3, 0.4) is 0 Å². The smallest absolute Gasteiger partial charge is 0.0603 e. The van der Waals surface area contributed by atoms with Crippen molar-refractivity contribution in [3.63, 3.8) is 0 Å². The highest BCUT2D eigenvalue weighted by Crippen LogP contribution is 2.31. The number of anilines is 2. The van der Waals surface area contributed by atoms with Crippen molar-refractivity contribution in [1.82, 2.24) is 0 Å². The van der Waals surface area contributed by atoms with E-state index in [1.54, 1.807) is 0 Å². The van der Waals surface area contributed by atoms with Crippen LogP contribution in [0.1, 0.15) is 10.4 Å². The highest BCUT2D eigenvalue weighted by molar-refractivity contribution is 14.1. The maximum atomic E-state index is 6.10. The summed E-state index contributed by atoms with van der Waals surface area (Å²) in [5, 5.41) is 2.19. The molecule has 0 atom stereocenters. The van der Waals surface area contributed by atoms with Crippen molar-refractivity contribution in [2.24, 2.45) is 0 Å². The largest absolute Gasteiger partial charge is 0.397 e. The summed E-state index contributed by atoms with van der Waals surface area (Å²) in [5.41, 5.74) is 9.61. The predicted octanol–water partition coefficient (Wildman–Crippen LogP) is 3.50. The van der Waals surface area contributed by atoms with Gasteiger partial charge in [0.05, 0.1) is 11.4 Å². The molecule has 0 saturated heterocycles. The number of nitrogens with two attached hydrogens (primary N) is 1. The van der Waals surface area contributed by atoms with Gasteiger partial charge in [0.15, 0.2) is 0 Å². The molecule has 17 heavy (non-hydrogen) atoms. The van der Waals surface area contributed by atoms with Crippen LogP contribution in [0.25, 0.3) is 0 Å². The predicted molar refractivity (Wildman–Crippen MR) is 82.6 cm³/mol. The SMILES string of the molecule is Nc1cc(I)ccc1N1CCc2sccc2C1. The van der Waals surface area contributed by atoms with Gasteiger partial charge in [0, 0.05) is 21.5 Å². The normalized spacial score (nSPS) is 14.8. The molecule has 0 saturated carbocycles. The number of halogens is 1. The third kappa shape index (κ3) is 2.15. The number of rotatable bonds is 1. The number of hydrogen-bond acceptors (Lipinski definition) is 3. The van der Waals surface area contributed by atoms with E-state index in [0.29, 0.717) is 0 Å². The molecular weight excluding hydrogens is 343 g/mol. The summed E-state index contributed by atoms with van der Waals surface area (Å²) < 4.78 is 1.19. The molecule has 0 bridgehead atoms. The molecule has 1 aliphatic rings. The molecule has 2 N–H and O–H groups in total. The Hall–Kier alpha value is -0.750. The van der Waals surface area contributed by atoms with Crippen LogP contribution in [-0.4, -0.2) is 6.54 Å². The monoisotopic (exact) mass is 356 g/mol. The molecule has 0 radical (unpaired) electrons. The molecule has 1 aromatic carbocycles. The van der Waals surface area contributed by atoms with Crippen molar-refractivity contribution >= 4 is 45.3 Å². The molecule has 88 valence electrons. The van der Waals surface area contributed by atoms with E-state index in [4.69, 9.17) is 5.73 Å². The van der Waals surface area contributed by atoms with Gasteiger partial charge in [0.2, 0.25) is 0 Å². The minimum atomic E-state index is 0.885. The van der Waals surface area contributed by atoms with Crippen molar-refractivity contribution in [1.29, 1.82) is 0 Å². The second-order valence-electron chi connectivity index (χ2n) is 4.24. The van der Waals surface area contributed by atoms with Gasteiger partial charge < -0.3 is 10.6 Å². The summed E-state index contributed by atoms with van der Waals surface area (Å²) in [6.07, 6.45) is 1.14. The molecule has 2 heterocycles. The summed E-state index contributed by atoms with van der Waals surface area (Å²) in [6.45, 7) is 2.06. The Kier molecular flexibility index (Phi) is 3.00. The fourth-order valence-electron chi connectivity index (χ4n) is 2.27. The van der Waals surface area contributed by atoms with Crippen LogP contribution in [-0.2, 0) is 13.0 Å². The molecule has 0 spiro atoms. The van der Waals surface area contributed by atoms with Crippen molar-refractivity contribution in [2.75, 3.05) is 17.2 Å². The van der Waals surface area contributed by atoms with Crippen LogP contribution in [0.4, 0.5) is 11.4 Å². The van der Waals surface area contributed by atoms with Gasteiger partial charge >= 0.3 is 0 Å². The Labute approximate surface area is 119 Å². The minimum Gasteiger partial charge on any atom is -0.397 e. The Balaban J connectivity index is 1.91. The Morgan fingerprint density at radius 3 is 3.00 bits per heavy atom. The molecule has 0 aliphatic carbocycles. The molecule has 4 heteroatoms. The molecule has 0 fully saturated rings. The minimum absolute atomic E-state index is 0.885. The number of fused-ring (bicyclic) bond motifs is 1. The maximum Gasteiger partial charge on any atom is 0.0603 e. The fourth-order valence-corrected chi connectivity index (χ4v) is 3.67. The number of nitrogens with zero attached hydrogens (tertiary/aromatic N) is 1. The topological polar surface area (TPSA) is 29.3 Å². The van der Waals surface area contributed by atoms with Crippen molar-refractivity contribution in [3.8, 4) is 0 Å². The average molecular weight is 356 g/mol. The van der Waals surface area contributed by atoms with Crippen molar-refractivity contribution in [2.45, 2.75) is 13.0 Å². The Morgan fingerprint density at radius 2 is 2.18 bits per heavy atom. The first-order valence-electron chi connectivity index (χ1n) is 5.59. The molecule has 1 aromatic heterocycles. The van der Waals surface area contributed by atoms with Gasteiger partial charge in [-0.3, -0.25) is 0 Å². The van der Waals surface area contributed by atoms with Crippen molar-refractivity contribution < 1.29 is 0 Å². The summed E-state index contributed by atoms with van der Waals surface area (Å²) in [6, 6.07) is 8.53. The number of thiophene rings is 1. The first-order chi connectivity index (χ1) is 8.24. The lowest BCUT2D eigenvalue weighted by Gasteiger charge is -2.30. The Bertz CT molecular complexity index is 550. The van der Waals surface area contributed by atoms with Gasteiger partial charge in [-0.15, -0.1) is 11.3 Å². The lowest BCUT2D eigenvalue weighted by molar-refractivity contribution is 0.745. The van der Waals surface area contributed by atoms with Gasteiger partial charge in [0.1, 0.15) is 0 Å². The fraction of sp³-hybridized carbons (Fsp3) is 0.231. The summed E-state index contributed by atoms with van der Waals surface area (Å²) in [7, 11) is 0. The van der Waals surface area contributed by atoms with Crippen LogP contribution in [0.15, 0.2) is 29.6 Å². The molecule has 0 amide bonds. The molecule has 0 unspecified atom stereocenters. The number of nitrogen functional groups attached to an aromatic ring is 1. The molecule has 3 rings (SSSR count). The van der Waals surface area contributed by atoms with E-state index in [-0.39, 0.29) is 0 Å². The molecule has 2 aromatic rings. The Morgan fingerprint density at radius 1 is 1.29 bits per heavy atom. The van der Waals surface area contributed by atoms with Gasteiger partial charge in [-0.1, -0.05) is 0 Å². The molecule has 2 nitrogen and oxygen atoms in total. The average Bonchev–Trinajstić information content (AvgIpc) is 2.75. The first-order valence-corrected chi connectivity index (χ1v) is 7.55. The maximum absolute atomic E-state index is 6.10. The van der Waals surface area contributed by atoms with E-state index in [0.717, 1.165) is 25.2 Å². The van der Waals surface area contributed by atoms with Gasteiger partial charge in [-0.25, -0.2) is 0 Å². The highest BCUT2D eigenvalue weighted by Gasteiger charge is 2.18. The van der Waals surface area contributed by atoms with E-state index in [1.807, 2.05) is 17.4 Å². The third-order valence-electron chi connectivity index (χ3n) is 3.14. The van der Waals surface area contributed by atoms with Crippen LogP contribution in [0.5, 0.6) is 0 Å². The van der Waals surface area contributed by atoms with Crippen LogP contribution < -0.4 is 10.6 Å². The van der Waals surface area contributed by atoms with Crippen LogP contribution in [0.2, 0.25) is 0 Å². The van der Waals surface area contributed by atoms with Crippen molar-refractivity contribution in [3.05, 3.63) is 43.7 Å². The molecular formula is C13H13IN2S. The van der Waals surface area contributed by atoms with E-state index < -0.39 is 0 Å². The third-order valence-corrected chi connectivity index (χ3v) is 4.83. The van der Waals surface area contributed by atoms with E-state index in [9.17, 15) is 0 Å². The van der Waals surface area contributed by atoms with E-state index in [1.165, 1.54) is 19.7 Å². The zero-order valence-corrected chi connectivity index (χ0v) is 12.3. The second kappa shape index (κ2) is 4.49. The lowest BCUT2D eigenvalue weighted by Crippen LogP contribution is -2.29. The summed E-state index contributed by atoms with van der Waals surface area (Å²) >= 11 is 4.17. The highest BCUT2D eigenvalue weighted by atomic mass is 127. The van der Waals surface area contributed by atoms with E-state index in [2.05, 4.69) is 51.1 Å².